The van der Waals surface area contributed by atoms with Gasteiger partial charge in [-0.25, -0.2) is 9.18 Å². The normalized spacial score (nSPS) is 10.5. The molecule has 0 aliphatic carbocycles. The Labute approximate surface area is 126 Å². The number of nitrogen functional groups attached to an aromatic ring is 1. The molecular formula is C14H16FN3O2S. The van der Waals surface area contributed by atoms with Crippen LogP contribution in [0.3, 0.4) is 0 Å². The molecule has 0 amide bonds. The number of aryl methyl sites for hydroxylation is 2. The molecule has 2 rings (SSSR count). The van der Waals surface area contributed by atoms with Gasteiger partial charge in [0.15, 0.2) is 5.82 Å². The average molecular weight is 309 g/mol. The molecule has 0 unspecified atom stereocenters. The SMILES string of the molecule is COC(=O)c1c(N)nsc1NCc1cc(C)c(F)c(C)c1. The topological polar surface area (TPSA) is 77.2 Å². The minimum atomic E-state index is -0.532. The fourth-order valence-corrected chi connectivity index (χ4v) is 2.74. The molecular weight excluding hydrogens is 293 g/mol. The number of nitrogens with two attached hydrogens (primary N) is 1. The molecule has 0 saturated carbocycles. The van der Waals surface area contributed by atoms with Crippen molar-refractivity contribution in [2.24, 2.45) is 0 Å². The number of ether oxygens (including phenoxy) is 1. The highest BCUT2D eigenvalue weighted by molar-refractivity contribution is 7.11. The number of rotatable bonds is 4. The number of benzene rings is 1. The van der Waals surface area contributed by atoms with Gasteiger partial charge in [0.2, 0.25) is 0 Å². The second kappa shape index (κ2) is 6.09. The van der Waals surface area contributed by atoms with Gasteiger partial charge < -0.3 is 15.8 Å². The van der Waals surface area contributed by atoms with Crippen LogP contribution < -0.4 is 11.1 Å². The van der Waals surface area contributed by atoms with E-state index in [9.17, 15) is 9.18 Å². The lowest BCUT2D eigenvalue weighted by Gasteiger charge is -2.09. The summed E-state index contributed by atoms with van der Waals surface area (Å²) in [6.07, 6.45) is 0. The maximum Gasteiger partial charge on any atom is 0.344 e. The van der Waals surface area contributed by atoms with E-state index in [2.05, 4.69) is 14.4 Å². The summed E-state index contributed by atoms with van der Waals surface area (Å²) in [7, 11) is 1.29. The fourth-order valence-electron chi connectivity index (χ4n) is 2.04. The Bertz CT molecular complexity index is 662. The maximum atomic E-state index is 13.6. The first kappa shape index (κ1) is 15.2. The van der Waals surface area contributed by atoms with E-state index in [1.165, 1.54) is 7.11 Å². The number of nitrogens with one attached hydrogen (secondary N) is 1. The van der Waals surface area contributed by atoms with Gasteiger partial charge in [-0.15, -0.1) is 0 Å². The molecule has 2 aromatic rings. The monoisotopic (exact) mass is 309 g/mol. The first-order chi connectivity index (χ1) is 9.93. The molecule has 112 valence electrons. The summed E-state index contributed by atoms with van der Waals surface area (Å²) in [6, 6.07) is 3.52. The number of halogens is 1. The Hall–Kier alpha value is -2.15. The molecule has 0 fully saturated rings. The molecule has 1 aromatic heterocycles. The molecule has 3 N–H and O–H groups in total. The average Bonchev–Trinajstić information content (AvgIpc) is 2.82. The molecule has 1 heterocycles. The van der Waals surface area contributed by atoms with Crippen LogP contribution in [0.15, 0.2) is 12.1 Å². The predicted octanol–water partition coefficient (Wildman–Crippen LogP) is 2.88. The van der Waals surface area contributed by atoms with Gasteiger partial charge in [0, 0.05) is 6.54 Å². The van der Waals surface area contributed by atoms with Gasteiger partial charge >= 0.3 is 5.97 Å². The first-order valence-corrected chi connectivity index (χ1v) is 7.04. The quantitative estimate of drug-likeness (QED) is 0.849. The third-order valence-electron chi connectivity index (χ3n) is 3.06. The summed E-state index contributed by atoms with van der Waals surface area (Å²) >= 11 is 1.09. The molecule has 0 radical (unpaired) electrons. The van der Waals surface area contributed by atoms with Crippen molar-refractivity contribution in [2.75, 3.05) is 18.2 Å². The number of nitrogens with zero attached hydrogens (tertiary/aromatic N) is 1. The Morgan fingerprint density at radius 2 is 2.05 bits per heavy atom. The van der Waals surface area contributed by atoms with Crippen molar-refractivity contribution in [1.82, 2.24) is 4.37 Å². The van der Waals surface area contributed by atoms with Crippen LogP contribution in [0.25, 0.3) is 0 Å². The third-order valence-corrected chi connectivity index (χ3v) is 3.88. The van der Waals surface area contributed by atoms with E-state index in [-0.39, 0.29) is 17.2 Å². The number of hydrogen-bond donors (Lipinski definition) is 2. The molecule has 0 saturated heterocycles. The molecule has 0 bridgehead atoms. The number of carbonyl (C=O) groups excluding carboxylic acids is 1. The minimum absolute atomic E-state index is 0.140. The Balaban J connectivity index is 2.19. The van der Waals surface area contributed by atoms with Gasteiger partial charge in [-0.3, -0.25) is 0 Å². The molecule has 7 heteroatoms. The van der Waals surface area contributed by atoms with E-state index in [0.29, 0.717) is 22.7 Å². The Kier molecular flexibility index (Phi) is 4.42. The summed E-state index contributed by atoms with van der Waals surface area (Å²) < 4.78 is 22.2. The number of esters is 1. The van der Waals surface area contributed by atoms with Crippen LogP contribution in [0, 0.1) is 19.7 Å². The standard InChI is InChI=1S/C14H16FN3O2S/c1-7-4-9(5-8(2)11(7)15)6-17-13-10(14(19)20-3)12(16)18-21-13/h4-5,17H,6H2,1-3H3,(H2,16,18). The third kappa shape index (κ3) is 3.13. The fraction of sp³-hybridized carbons (Fsp3) is 0.286. The lowest BCUT2D eigenvalue weighted by atomic mass is 10.1. The largest absolute Gasteiger partial charge is 0.465 e. The lowest BCUT2D eigenvalue weighted by Crippen LogP contribution is -2.08. The molecule has 5 nitrogen and oxygen atoms in total. The molecule has 1 aromatic carbocycles. The maximum absolute atomic E-state index is 13.6. The van der Waals surface area contributed by atoms with E-state index in [4.69, 9.17) is 5.73 Å². The van der Waals surface area contributed by atoms with Gasteiger partial charge in [0.05, 0.1) is 7.11 Å². The summed E-state index contributed by atoms with van der Waals surface area (Å²) in [5.41, 5.74) is 7.98. The first-order valence-electron chi connectivity index (χ1n) is 6.27. The smallest absolute Gasteiger partial charge is 0.344 e. The molecule has 21 heavy (non-hydrogen) atoms. The van der Waals surface area contributed by atoms with Crippen LogP contribution >= 0.6 is 11.5 Å². The number of anilines is 2. The van der Waals surface area contributed by atoms with Crippen molar-refractivity contribution in [3.8, 4) is 0 Å². The minimum Gasteiger partial charge on any atom is -0.465 e. The summed E-state index contributed by atoms with van der Waals surface area (Å²) in [5.74, 6) is -0.591. The predicted molar refractivity (Wildman–Crippen MR) is 81.1 cm³/mol. The molecule has 0 atom stereocenters. The zero-order valence-corrected chi connectivity index (χ0v) is 12.8. The van der Waals surface area contributed by atoms with Crippen molar-refractivity contribution >= 4 is 28.3 Å². The van der Waals surface area contributed by atoms with E-state index in [1.54, 1.807) is 26.0 Å². The van der Waals surface area contributed by atoms with Crippen molar-refractivity contribution in [3.05, 3.63) is 40.2 Å². The second-order valence-corrected chi connectivity index (χ2v) is 5.43. The van der Waals surface area contributed by atoms with Crippen LogP contribution in [0.2, 0.25) is 0 Å². The highest BCUT2D eigenvalue weighted by Gasteiger charge is 2.19. The van der Waals surface area contributed by atoms with Crippen LogP contribution in [0.4, 0.5) is 15.2 Å². The van der Waals surface area contributed by atoms with Crippen LogP contribution in [0.1, 0.15) is 27.0 Å². The highest BCUT2D eigenvalue weighted by atomic mass is 32.1. The Morgan fingerprint density at radius 3 is 2.62 bits per heavy atom. The van der Waals surface area contributed by atoms with E-state index in [1.807, 2.05) is 0 Å². The number of aromatic nitrogens is 1. The van der Waals surface area contributed by atoms with Crippen LogP contribution in [0.5, 0.6) is 0 Å². The van der Waals surface area contributed by atoms with Crippen LogP contribution in [-0.4, -0.2) is 17.5 Å². The molecule has 0 aliphatic heterocycles. The summed E-state index contributed by atoms with van der Waals surface area (Å²) in [5, 5.41) is 3.63. The van der Waals surface area contributed by atoms with E-state index >= 15 is 0 Å². The number of hydrogen-bond acceptors (Lipinski definition) is 6. The van der Waals surface area contributed by atoms with E-state index in [0.717, 1.165) is 17.1 Å². The number of carbonyl (C=O) groups is 1. The van der Waals surface area contributed by atoms with Gasteiger partial charge in [-0.2, -0.15) is 4.37 Å². The highest BCUT2D eigenvalue weighted by Crippen LogP contribution is 2.28. The summed E-state index contributed by atoms with van der Waals surface area (Å²) in [4.78, 5) is 11.7. The zero-order valence-electron chi connectivity index (χ0n) is 12.0. The Morgan fingerprint density at radius 1 is 1.43 bits per heavy atom. The van der Waals surface area contributed by atoms with Gasteiger partial charge in [0.25, 0.3) is 0 Å². The lowest BCUT2D eigenvalue weighted by molar-refractivity contribution is 0.0603. The molecule has 0 aliphatic rings. The van der Waals surface area contributed by atoms with Gasteiger partial charge in [-0.1, -0.05) is 12.1 Å². The number of methoxy groups -OCH3 is 1. The van der Waals surface area contributed by atoms with Gasteiger partial charge in [-0.05, 0) is 42.1 Å². The van der Waals surface area contributed by atoms with Crippen molar-refractivity contribution in [2.45, 2.75) is 20.4 Å². The van der Waals surface area contributed by atoms with Crippen molar-refractivity contribution in [1.29, 1.82) is 0 Å². The zero-order chi connectivity index (χ0) is 15.6. The van der Waals surface area contributed by atoms with Crippen LogP contribution in [-0.2, 0) is 11.3 Å². The van der Waals surface area contributed by atoms with E-state index < -0.39 is 5.97 Å². The van der Waals surface area contributed by atoms with Crippen molar-refractivity contribution in [3.63, 3.8) is 0 Å². The van der Waals surface area contributed by atoms with Crippen molar-refractivity contribution < 1.29 is 13.9 Å². The van der Waals surface area contributed by atoms with Gasteiger partial charge in [0.1, 0.15) is 16.4 Å². The molecule has 0 spiro atoms. The second-order valence-electron chi connectivity index (χ2n) is 4.66. The summed E-state index contributed by atoms with van der Waals surface area (Å²) in [6.45, 7) is 3.88.